The summed E-state index contributed by atoms with van der Waals surface area (Å²) in [7, 11) is 1.63. The van der Waals surface area contributed by atoms with Crippen molar-refractivity contribution in [2.75, 3.05) is 7.11 Å². The number of benzene rings is 2. The van der Waals surface area contributed by atoms with Crippen LogP contribution in [0.1, 0.15) is 28.3 Å². The molecule has 20 heavy (non-hydrogen) atoms. The molecule has 0 saturated carbocycles. The summed E-state index contributed by atoms with van der Waals surface area (Å²) in [6.45, 7) is 4.16. The van der Waals surface area contributed by atoms with Gasteiger partial charge < -0.3 is 10.5 Å². The minimum absolute atomic E-state index is 0.278. The van der Waals surface area contributed by atoms with Crippen molar-refractivity contribution in [1.29, 1.82) is 0 Å². The van der Waals surface area contributed by atoms with Gasteiger partial charge in [0.1, 0.15) is 5.75 Å². The van der Waals surface area contributed by atoms with Crippen LogP contribution in [0.25, 0.3) is 0 Å². The molecule has 0 fully saturated rings. The van der Waals surface area contributed by atoms with E-state index >= 15 is 0 Å². The number of hydrogen-bond donors (Lipinski definition) is 1. The summed E-state index contributed by atoms with van der Waals surface area (Å²) in [5.41, 5.74) is 10.8. The molecule has 1 unspecified atom stereocenters. The molecule has 2 N–H and O–H groups in total. The van der Waals surface area contributed by atoms with Crippen LogP contribution < -0.4 is 10.5 Å². The second-order valence-corrected chi connectivity index (χ2v) is 6.07. The molecule has 2 rings (SSSR count). The lowest BCUT2D eigenvalue weighted by Gasteiger charge is -2.20. The summed E-state index contributed by atoms with van der Waals surface area (Å²) in [4.78, 5) is 0. The van der Waals surface area contributed by atoms with Crippen LogP contribution in [0.15, 0.2) is 34.8 Å². The van der Waals surface area contributed by atoms with Gasteiger partial charge in [-0.3, -0.25) is 0 Å². The molecule has 0 amide bonds. The number of nitrogens with two attached hydrogens (primary N) is 1. The first-order valence-electron chi connectivity index (χ1n) is 6.30. The second kappa shape index (κ2) is 6.17. The van der Waals surface area contributed by atoms with Gasteiger partial charge in [-0.05, 0) is 58.6 Å². The van der Waals surface area contributed by atoms with Gasteiger partial charge in [0.15, 0.2) is 0 Å². The summed E-state index contributed by atoms with van der Waals surface area (Å²) in [5, 5.41) is 0.633. The Kier molecular flexibility index (Phi) is 4.74. The summed E-state index contributed by atoms with van der Waals surface area (Å²) >= 11 is 9.61. The number of halogens is 2. The molecule has 0 aliphatic carbocycles. The molecule has 0 saturated heterocycles. The maximum Gasteiger partial charge on any atom is 0.138 e. The molecule has 0 spiro atoms. The second-order valence-electron chi connectivity index (χ2n) is 4.78. The average molecular weight is 355 g/mol. The van der Waals surface area contributed by atoms with Gasteiger partial charge in [0.05, 0.1) is 17.6 Å². The first kappa shape index (κ1) is 15.4. The fourth-order valence-corrected chi connectivity index (χ4v) is 3.30. The standard InChI is InChI=1S/C16H17BrClNO/c1-9-5-4-6-12(10(9)2)15(19)13-7-11(18)8-14(17)16(13)20-3/h4-8,15H,19H2,1-3H3. The number of methoxy groups -OCH3 is 1. The van der Waals surface area contributed by atoms with Gasteiger partial charge in [0.2, 0.25) is 0 Å². The van der Waals surface area contributed by atoms with Crippen LogP contribution >= 0.6 is 27.5 Å². The highest BCUT2D eigenvalue weighted by Crippen LogP contribution is 2.38. The molecule has 0 heterocycles. The van der Waals surface area contributed by atoms with Gasteiger partial charge in [0, 0.05) is 10.6 Å². The van der Waals surface area contributed by atoms with E-state index in [0.717, 1.165) is 21.3 Å². The van der Waals surface area contributed by atoms with Gasteiger partial charge in [-0.15, -0.1) is 0 Å². The predicted octanol–water partition coefficient (Wildman–Crippen LogP) is 4.78. The number of rotatable bonds is 3. The lowest BCUT2D eigenvalue weighted by molar-refractivity contribution is 0.405. The normalized spacial score (nSPS) is 12.3. The van der Waals surface area contributed by atoms with Gasteiger partial charge >= 0.3 is 0 Å². The largest absolute Gasteiger partial charge is 0.495 e. The third kappa shape index (κ3) is 2.85. The van der Waals surface area contributed by atoms with E-state index < -0.39 is 0 Å². The third-order valence-corrected chi connectivity index (χ3v) is 4.37. The van der Waals surface area contributed by atoms with E-state index in [1.54, 1.807) is 13.2 Å². The van der Waals surface area contributed by atoms with Crippen LogP contribution in [-0.4, -0.2) is 7.11 Å². The molecular weight excluding hydrogens is 338 g/mol. The van der Waals surface area contributed by atoms with Crippen LogP contribution in [0.3, 0.4) is 0 Å². The first-order chi connectivity index (χ1) is 9.45. The van der Waals surface area contributed by atoms with E-state index in [4.69, 9.17) is 22.1 Å². The van der Waals surface area contributed by atoms with Gasteiger partial charge in [-0.2, -0.15) is 0 Å². The Balaban J connectivity index is 2.58. The number of aryl methyl sites for hydroxylation is 1. The molecule has 106 valence electrons. The Labute approximate surface area is 133 Å². The zero-order valence-electron chi connectivity index (χ0n) is 11.7. The van der Waals surface area contributed by atoms with Crippen LogP contribution in [0.5, 0.6) is 5.75 Å². The van der Waals surface area contributed by atoms with Gasteiger partial charge in [0.25, 0.3) is 0 Å². The Morgan fingerprint density at radius 2 is 1.90 bits per heavy atom. The van der Waals surface area contributed by atoms with E-state index in [9.17, 15) is 0 Å². The fraction of sp³-hybridized carbons (Fsp3) is 0.250. The molecule has 2 aromatic rings. The van der Waals surface area contributed by atoms with Gasteiger partial charge in [-0.1, -0.05) is 29.8 Å². The molecule has 0 radical (unpaired) electrons. The number of hydrogen-bond acceptors (Lipinski definition) is 2. The number of ether oxygens (including phenoxy) is 1. The Bertz CT molecular complexity index is 643. The minimum Gasteiger partial charge on any atom is -0.495 e. The van der Waals surface area contributed by atoms with Crippen molar-refractivity contribution >= 4 is 27.5 Å². The first-order valence-corrected chi connectivity index (χ1v) is 7.47. The zero-order valence-corrected chi connectivity index (χ0v) is 14.0. The minimum atomic E-state index is -0.278. The fourth-order valence-electron chi connectivity index (χ4n) is 2.30. The SMILES string of the molecule is COc1c(Br)cc(Cl)cc1C(N)c1cccc(C)c1C. The highest BCUT2D eigenvalue weighted by molar-refractivity contribution is 9.10. The quantitative estimate of drug-likeness (QED) is 0.861. The average Bonchev–Trinajstić information content (AvgIpc) is 2.40. The molecule has 0 aliphatic rings. The van der Waals surface area contributed by atoms with Crippen molar-refractivity contribution in [2.24, 2.45) is 5.73 Å². The highest BCUT2D eigenvalue weighted by atomic mass is 79.9. The predicted molar refractivity (Wildman–Crippen MR) is 87.7 cm³/mol. The molecule has 0 bridgehead atoms. The molecule has 2 aromatic carbocycles. The van der Waals surface area contributed by atoms with Crippen LogP contribution in [0, 0.1) is 13.8 Å². The molecule has 0 aromatic heterocycles. The lowest BCUT2D eigenvalue weighted by atomic mass is 9.93. The van der Waals surface area contributed by atoms with E-state index in [-0.39, 0.29) is 6.04 Å². The van der Waals surface area contributed by atoms with Crippen molar-refractivity contribution in [3.8, 4) is 5.75 Å². The van der Waals surface area contributed by atoms with Crippen molar-refractivity contribution in [2.45, 2.75) is 19.9 Å². The molecule has 1 atom stereocenters. The maximum atomic E-state index is 6.44. The Morgan fingerprint density at radius 3 is 2.55 bits per heavy atom. The summed E-state index contributed by atoms with van der Waals surface area (Å²) in [6, 6.07) is 9.53. The maximum absolute atomic E-state index is 6.44. The zero-order chi connectivity index (χ0) is 14.9. The van der Waals surface area contributed by atoms with Crippen molar-refractivity contribution in [3.05, 3.63) is 62.1 Å². The van der Waals surface area contributed by atoms with Crippen molar-refractivity contribution in [3.63, 3.8) is 0 Å². The van der Waals surface area contributed by atoms with E-state index in [2.05, 4.69) is 35.8 Å². The molecule has 0 aliphatic heterocycles. The molecular formula is C16H17BrClNO. The Morgan fingerprint density at radius 1 is 1.20 bits per heavy atom. The lowest BCUT2D eigenvalue weighted by Crippen LogP contribution is -2.15. The highest BCUT2D eigenvalue weighted by Gasteiger charge is 2.19. The third-order valence-electron chi connectivity index (χ3n) is 3.56. The van der Waals surface area contributed by atoms with Crippen LogP contribution in [0.4, 0.5) is 0 Å². The summed E-state index contributed by atoms with van der Waals surface area (Å²) in [5.74, 6) is 0.725. The van der Waals surface area contributed by atoms with Crippen molar-refractivity contribution in [1.82, 2.24) is 0 Å². The molecule has 2 nitrogen and oxygen atoms in total. The van der Waals surface area contributed by atoms with Crippen LogP contribution in [-0.2, 0) is 0 Å². The smallest absolute Gasteiger partial charge is 0.138 e. The van der Waals surface area contributed by atoms with E-state index in [0.29, 0.717) is 5.02 Å². The van der Waals surface area contributed by atoms with Gasteiger partial charge in [-0.25, -0.2) is 0 Å². The van der Waals surface area contributed by atoms with Crippen LogP contribution in [0.2, 0.25) is 5.02 Å². The molecule has 4 heteroatoms. The summed E-state index contributed by atoms with van der Waals surface area (Å²) in [6.07, 6.45) is 0. The van der Waals surface area contributed by atoms with E-state index in [1.807, 2.05) is 18.2 Å². The van der Waals surface area contributed by atoms with Crippen molar-refractivity contribution < 1.29 is 4.74 Å². The van der Waals surface area contributed by atoms with E-state index in [1.165, 1.54) is 11.1 Å². The Hall–Kier alpha value is -1.03. The monoisotopic (exact) mass is 353 g/mol. The topological polar surface area (TPSA) is 35.2 Å². The summed E-state index contributed by atoms with van der Waals surface area (Å²) < 4.78 is 6.27.